The van der Waals surface area contributed by atoms with Gasteiger partial charge < -0.3 is 48.2 Å². The van der Waals surface area contributed by atoms with Gasteiger partial charge in [-0.05, 0) is 80.3 Å². The van der Waals surface area contributed by atoms with Crippen LogP contribution in [0, 0.1) is 5.92 Å². The fourth-order valence-corrected chi connectivity index (χ4v) is 7.79. The molecule has 346 valence electrons. The molecule has 5 atom stereocenters. The number of ether oxygens (including phenoxy) is 1. The summed E-state index contributed by atoms with van der Waals surface area (Å²) in [5.41, 5.74) is 22.4. The predicted octanol–water partition coefficient (Wildman–Crippen LogP) is 4.77. The number of allylic oxidation sites excluding steroid dienone is 2. The van der Waals surface area contributed by atoms with Gasteiger partial charge in [-0.2, -0.15) is 0 Å². The minimum absolute atomic E-state index is 0. The van der Waals surface area contributed by atoms with Crippen molar-refractivity contribution < 1.29 is 33.5 Å². The summed E-state index contributed by atoms with van der Waals surface area (Å²) >= 11 is 0. The topological polar surface area (TPSA) is 266 Å². The predicted molar refractivity (Wildman–Crippen MR) is 253 cm³/mol. The van der Waals surface area contributed by atoms with E-state index in [0.29, 0.717) is 6.42 Å². The van der Waals surface area contributed by atoms with E-state index in [4.69, 9.17) is 21.9 Å². The minimum Gasteiger partial charge on any atom is -0.449 e. The zero-order valence-corrected chi connectivity index (χ0v) is 36.5. The summed E-state index contributed by atoms with van der Waals surface area (Å²) in [5, 5.41) is 11.7. The Balaban J connectivity index is 0.00000925. The van der Waals surface area contributed by atoms with Gasteiger partial charge in [-0.3, -0.25) is 29.0 Å². The van der Waals surface area contributed by atoms with Gasteiger partial charge in [-0.15, -0.1) is 0 Å². The van der Waals surface area contributed by atoms with Crippen molar-refractivity contribution in [3.05, 3.63) is 120 Å². The van der Waals surface area contributed by atoms with Gasteiger partial charge in [0.1, 0.15) is 24.7 Å². The monoisotopic (exact) mass is 889 g/mol. The molecule has 1 aromatic heterocycles. The highest BCUT2D eigenvalue weighted by Crippen LogP contribution is 2.44. The Bertz CT molecular complexity index is 2340. The molecule has 1 aliphatic rings. The number of nitrogens with two attached hydrogens (primary N) is 3. The first-order chi connectivity index (χ1) is 30.8. The standard InChI is InChI=1S/C48H59N9O7.CH4/c1-4-6-21-39(43(49)59)55-45(61)30(15-14-24-52-47(50)51)26-42(58)41(25-31-27-53-38-23-13-12-16-32(31)38)56-44(60)29(3)54-46(62)40(22-7-5-2)57-48(63)64-28-37-35-19-10-8-17-33(35)34-18-9-11-20-36(34)37;/h4-13,16-20,23,27,29-30,37,39-41,53H,14-15,21-22,24-26,28H2,1-3H3,(H2,49,59)(H,54,62)(H,55,61)(H,56,60)(H,57,63)(H4,50,51,52);1H4/t29-,30+,39-,40-,41-;/m0./s1. The lowest BCUT2D eigenvalue weighted by Gasteiger charge is -2.25. The molecule has 65 heavy (non-hydrogen) atoms. The van der Waals surface area contributed by atoms with Crippen molar-refractivity contribution in [1.82, 2.24) is 26.3 Å². The lowest BCUT2D eigenvalue weighted by atomic mass is 9.90. The molecule has 1 aliphatic carbocycles. The molecule has 0 saturated carbocycles. The molecule has 16 nitrogen and oxygen atoms in total. The molecule has 0 aliphatic heterocycles. The number of para-hydroxylation sites is 1. The molecule has 4 aromatic rings. The molecular weight excluding hydrogens is 827 g/mol. The average molecular weight is 890 g/mol. The molecule has 0 bridgehead atoms. The molecule has 0 spiro atoms. The number of primary amides is 1. The van der Waals surface area contributed by atoms with Crippen molar-refractivity contribution in [3.63, 3.8) is 0 Å². The van der Waals surface area contributed by atoms with Crippen LogP contribution in [0.2, 0.25) is 0 Å². The third-order valence-corrected chi connectivity index (χ3v) is 11.2. The van der Waals surface area contributed by atoms with Crippen molar-refractivity contribution in [1.29, 1.82) is 0 Å². The third kappa shape index (κ3) is 13.9. The van der Waals surface area contributed by atoms with Crippen LogP contribution in [0.4, 0.5) is 4.79 Å². The highest BCUT2D eigenvalue weighted by molar-refractivity contribution is 5.97. The van der Waals surface area contributed by atoms with Crippen LogP contribution in [0.5, 0.6) is 0 Å². The Labute approximate surface area is 380 Å². The number of ketones is 1. The highest BCUT2D eigenvalue weighted by Gasteiger charge is 2.33. The number of H-pyrrole nitrogens is 1. The molecule has 5 rings (SSSR count). The highest BCUT2D eigenvalue weighted by atomic mass is 16.5. The second-order valence-corrected chi connectivity index (χ2v) is 15.8. The van der Waals surface area contributed by atoms with E-state index >= 15 is 0 Å². The lowest BCUT2D eigenvalue weighted by molar-refractivity contribution is -0.134. The van der Waals surface area contributed by atoms with Gasteiger partial charge in [-0.1, -0.05) is 98.5 Å². The normalized spacial score (nSPS) is 14.2. The molecule has 1 heterocycles. The van der Waals surface area contributed by atoms with Crippen molar-refractivity contribution in [2.75, 3.05) is 13.2 Å². The number of nitrogens with one attached hydrogen (secondary N) is 5. The number of carbonyl (C=O) groups is 6. The average Bonchev–Trinajstić information content (AvgIpc) is 3.84. The minimum atomic E-state index is -1.16. The summed E-state index contributed by atoms with van der Waals surface area (Å²) in [7, 11) is 0. The Kier molecular flexibility index (Phi) is 19.1. The van der Waals surface area contributed by atoms with Crippen LogP contribution in [0.25, 0.3) is 22.0 Å². The van der Waals surface area contributed by atoms with Crippen LogP contribution in [0.15, 0.2) is 108 Å². The summed E-state index contributed by atoms with van der Waals surface area (Å²) in [6, 6.07) is 19.0. The zero-order valence-electron chi connectivity index (χ0n) is 36.5. The maximum atomic E-state index is 14.3. The first-order valence-electron chi connectivity index (χ1n) is 21.5. The van der Waals surface area contributed by atoms with Crippen molar-refractivity contribution >= 4 is 52.4 Å². The maximum Gasteiger partial charge on any atom is 0.407 e. The smallest absolute Gasteiger partial charge is 0.407 e. The maximum absolute atomic E-state index is 14.3. The summed E-state index contributed by atoms with van der Waals surface area (Å²) in [4.78, 5) is 88.3. The number of carbonyl (C=O) groups excluding carboxylic acids is 6. The zero-order chi connectivity index (χ0) is 46.2. The van der Waals surface area contributed by atoms with E-state index in [1.807, 2.05) is 72.8 Å². The molecule has 3 aromatic carbocycles. The molecule has 0 radical (unpaired) electrons. The van der Waals surface area contributed by atoms with E-state index in [1.54, 1.807) is 44.3 Å². The first kappa shape index (κ1) is 50.4. The third-order valence-electron chi connectivity index (χ3n) is 11.2. The number of Topliss-reactive ketones (excluding diaryl/α,β-unsaturated/α-hetero) is 1. The van der Waals surface area contributed by atoms with E-state index in [0.717, 1.165) is 38.7 Å². The van der Waals surface area contributed by atoms with Gasteiger partial charge in [0, 0.05) is 48.3 Å². The molecule has 11 N–H and O–H groups in total. The number of rotatable bonds is 23. The van der Waals surface area contributed by atoms with E-state index < -0.39 is 65.6 Å². The van der Waals surface area contributed by atoms with Crippen LogP contribution in [0.3, 0.4) is 0 Å². The van der Waals surface area contributed by atoms with Crippen molar-refractivity contribution in [2.45, 2.75) is 96.8 Å². The molecule has 5 amide bonds. The SMILES string of the molecule is C.CC=CC[C@H](NC(=O)[C@H](CCCN=C(N)N)CC(=O)[C@H](Cc1c[nH]c2ccccc12)NC(=O)[C@H](C)NC(=O)[C@H](CC=CC)NC(=O)OCC1c2ccccc2-c2ccccc21)C(N)=O. The summed E-state index contributed by atoms with van der Waals surface area (Å²) < 4.78 is 5.71. The molecule has 0 saturated heterocycles. The Morgan fingerprint density at radius 3 is 1.98 bits per heavy atom. The van der Waals surface area contributed by atoms with E-state index in [1.165, 1.54) is 6.92 Å². The molecule has 0 unspecified atom stereocenters. The Morgan fingerprint density at radius 1 is 0.754 bits per heavy atom. The van der Waals surface area contributed by atoms with Crippen LogP contribution in [0.1, 0.15) is 82.9 Å². The van der Waals surface area contributed by atoms with Gasteiger partial charge in [0.15, 0.2) is 11.7 Å². The summed E-state index contributed by atoms with van der Waals surface area (Å²) in [6.07, 6.45) is 8.34. The van der Waals surface area contributed by atoms with Gasteiger partial charge in [-0.25, -0.2) is 4.79 Å². The number of aliphatic imine (C=N–C) groups is 1. The van der Waals surface area contributed by atoms with Gasteiger partial charge in [0.2, 0.25) is 23.6 Å². The van der Waals surface area contributed by atoms with E-state index in [-0.39, 0.29) is 64.6 Å². The number of nitrogens with zero attached hydrogens (tertiary/aromatic N) is 1. The van der Waals surface area contributed by atoms with Gasteiger partial charge in [0.05, 0.1) is 6.04 Å². The number of amides is 5. The van der Waals surface area contributed by atoms with E-state index in [2.05, 4.69) is 31.2 Å². The van der Waals surface area contributed by atoms with Gasteiger partial charge in [0.25, 0.3) is 0 Å². The fourth-order valence-electron chi connectivity index (χ4n) is 7.79. The van der Waals surface area contributed by atoms with Crippen LogP contribution in [-0.2, 0) is 35.1 Å². The molecule has 0 fully saturated rings. The largest absolute Gasteiger partial charge is 0.449 e. The molecular formula is C49H63N9O7. The van der Waals surface area contributed by atoms with Crippen molar-refractivity contribution in [2.24, 2.45) is 28.1 Å². The Morgan fingerprint density at radius 2 is 1.35 bits per heavy atom. The second kappa shape index (κ2) is 24.6. The number of aromatic nitrogens is 1. The van der Waals surface area contributed by atoms with Crippen LogP contribution in [-0.4, -0.2) is 83.8 Å². The van der Waals surface area contributed by atoms with Crippen LogP contribution < -0.4 is 38.5 Å². The second-order valence-electron chi connectivity index (χ2n) is 15.8. The summed E-state index contributed by atoms with van der Waals surface area (Å²) in [5.74, 6) is -4.34. The number of alkyl carbamates (subject to hydrolysis) is 1. The van der Waals surface area contributed by atoms with Crippen LogP contribution >= 0.6 is 0 Å². The number of fused-ring (bicyclic) bond motifs is 4. The van der Waals surface area contributed by atoms with Gasteiger partial charge >= 0.3 is 6.09 Å². The number of guanidine groups is 1. The van der Waals surface area contributed by atoms with Crippen molar-refractivity contribution in [3.8, 4) is 11.1 Å². The fraction of sp³-hybridized carbons (Fsp3) is 0.367. The molecule has 16 heteroatoms. The number of benzene rings is 3. The van der Waals surface area contributed by atoms with E-state index in [9.17, 15) is 28.8 Å². The first-order valence-corrected chi connectivity index (χ1v) is 21.5. The Hall–Kier alpha value is -7.23. The number of aromatic amines is 1. The quantitative estimate of drug-likeness (QED) is 0.0220. The summed E-state index contributed by atoms with van der Waals surface area (Å²) in [6.45, 7) is 5.25. The number of hydrogen-bond acceptors (Lipinski definition) is 8. The lowest BCUT2D eigenvalue weighted by Crippen LogP contribution is -2.55. The number of hydrogen-bond donors (Lipinski definition) is 8.